The van der Waals surface area contributed by atoms with E-state index < -0.39 is 48.4 Å². The molecule has 202 valence electrons. The number of aliphatic hydroxyl groups is 1. The van der Waals surface area contributed by atoms with Gasteiger partial charge in [0, 0.05) is 19.3 Å². The summed E-state index contributed by atoms with van der Waals surface area (Å²) in [5.74, 6) is -3.36. The summed E-state index contributed by atoms with van der Waals surface area (Å²) in [6.07, 6.45) is 3.21. The van der Waals surface area contributed by atoms with Crippen molar-refractivity contribution in [2.75, 3.05) is 13.2 Å². The van der Waals surface area contributed by atoms with Gasteiger partial charge in [0.15, 0.2) is 5.78 Å². The maximum absolute atomic E-state index is 13.1. The van der Waals surface area contributed by atoms with Crippen molar-refractivity contribution in [3.8, 4) is 0 Å². The minimum absolute atomic E-state index is 0.0740. The van der Waals surface area contributed by atoms with Gasteiger partial charge >= 0.3 is 5.97 Å². The van der Waals surface area contributed by atoms with Crippen molar-refractivity contribution in [2.45, 2.75) is 98.7 Å². The number of ether oxygens (including phenoxy) is 1. The molecule has 0 radical (unpaired) electrons. The summed E-state index contributed by atoms with van der Waals surface area (Å²) in [6.45, 7) is 11.3. The van der Waals surface area contributed by atoms with E-state index in [0.29, 0.717) is 19.3 Å². The number of carbonyl (C=O) groups excluding carboxylic acids is 5. The summed E-state index contributed by atoms with van der Waals surface area (Å²) in [4.78, 5) is 62.4. The first-order valence-electron chi connectivity index (χ1n) is 12.5. The van der Waals surface area contributed by atoms with Gasteiger partial charge in [0.25, 0.3) is 0 Å². The molecule has 0 spiro atoms. The van der Waals surface area contributed by atoms with Crippen molar-refractivity contribution < 1.29 is 33.8 Å². The molecule has 0 aromatic heterocycles. The zero-order valence-electron chi connectivity index (χ0n) is 22.3. The van der Waals surface area contributed by atoms with E-state index >= 15 is 0 Å². The summed E-state index contributed by atoms with van der Waals surface area (Å²) in [5, 5.41) is 17.3. The predicted octanol–water partition coefficient (Wildman–Crippen LogP) is 1.48. The van der Waals surface area contributed by atoms with Crippen LogP contribution in [-0.2, 0) is 28.7 Å². The lowest BCUT2D eigenvalue weighted by Crippen LogP contribution is -2.58. The Balaban J connectivity index is 5.57. The Kier molecular flexibility index (Phi) is 15.8. The molecule has 0 saturated carbocycles. The molecule has 0 aliphatic carbocycles. The third-order valence-corrected chi connectivity index (χ3v) is 5.49. The molecule has 0 fully saturated rings. The summed E-state index contributed by atoms with van der Waals surface area (Å²) in [5.41, 5.74) is 0. The molecule has 3 amide bonds. The van der Waals surface area contributed by atoms with E-state index in [4.69, 9.17) is 4.74 Å². The van der Waals surface area contributed by atoms with Gasteiger partial charge in [-0.15, -0.1) is 0 Å². The van der Waals surface area contributed by atoms with Crippen molar-refractivity contribution in [1.82, 2.24) is 16.0 Å². The van der Waals surface area contributed by atoms with E-state index in [9.17, 15) is 29.1 Å². The molecule has 35 heavy (non-hydrogen) atoms. The van der Waals surface area contributed by atoms with Crippen molar-refractivity contribution >= 4 is 29.5 Å². The molecule has 0 aliphatic rings. The standard InChI is InChI=1S/C25H45N3O7/c1-8-9-10-11-21(31)28-22(16(4)5)25(34)27-20(14-35-18(7)30)24(33)26-19(12-15(2)3)23(32)17(6)13-29/h15-17,19-20,22,29H,8-14H2,1-7H3,(H,26,33)(H,27,34)(H,28,31). The lowest BCUT2D eigenvalue weighted by Gasteiger charge is -2.27. The number of rotatable bonds is 17. The Hall–Kier alpha value is -2.49. The first-order chi connectivity index (χ1) is 16.3. The van der Waals surface area contributed by atoms with E-state index in [0.717, 1.165) is 12.8 Å². The number of carbonyl (C=O) groups is 5. The molecule has 4 atom stereocenters. The highest BCUT2D eigenvalue weighted by Gasteiger charge is 2.32. The normalized spacial score (nSPS) is 14.6. The van der Waals surface area contributed by atoms with Crippen LogP contribution in [0.15, 0.2) is 0 Å². The zero-order chi connectivity index (χ0) is 27.1. The van der Waals surface area contributed by atoms with Gasteiger partial charge in [-0.2, -0.15) is 0 Å². The average Bonchev–Trinajstić information content (AvgIpc) is 2.77. The van der Waals surface area contributed by atoms with E-state index in [1.54, 1.807) is 20.8 Å². The van der Waals surface area contributed by atoms with Gasteiger partial charge in [-0.1, -0.05) is 54.4 Å². The highest BCUT2D eigenvalue weighted by atomic mass is 16.5. The fourth-order valence-corrected chi connectivity index (χ4v) is 3.38. The quantitative estimate of drug-likeness (QED) is 0.175. The molecule has 10 nitrogen and oxygen atoms in total. The molecule has 10 heteroatoms. The van der Waals surface area contributed by atoms with E-state index in [1.165, 1.54) is 6.92 Å². The van der Waals surface area contributed by atoms with Crippen LogP contribution in [0.5, 0.6) is 0 Å². The molecule has 0 heterocycles. The Labute approximate surface area is 209 Å². The zero-order valence-corrected chi connectivity index (χ0v) is 22.3. The van der Waals surface area contributed by atoms with E-state index in [-0.39, 0.29) is 30.1 Å². The van der Waals surface area contributed by atoms with E-state index in [2.05, 4.69) is 16.0 Å². The molecule has 4 N–H and O–H groups in total. The minimum Gasteiger partial charge on any atom is -0.463 e. The number of Topliss-reactive ketones (excluding diaryl/α,β-unsaturated/α-hetero) is 1. The fraction of sp³-hybridized carbons (Fsp3) is 0.800. The molecule has 4 unspecified atom stereocenters. The minimum atomic E-state index is -1.27. The largest absolute Gasteiger partial charge is 0.463 e. The molecule has 0 aromatic rings. The molecule has 0 aliphatic heterocycles. The molecular formula is C25H45N3O7. The van der Waals surface area contributed by atoms with E-state index in [1.807, 2.05) is 20.8 Å². The Bertz CT molecular complexity index is 709. The lowest BCUT2D eigenvalue weighted by molar-refractivity contribution is -0.145. The Morgan fingerprint density at radius 3 is 1.94 bits per heavy atom. The SMILES string of the molecule is CCCCCC(=O)NC(C(=O)NC(COC(C)=O)C(=O)NC(CC(C)C)C(=O)C(C)CO)C(C)C. The summed E-state index contributed by atoms with van der Waals surface area (Å²) >= 11 is 0. The highest BCUT2D eigenvalue weighted by molar-refractivity contribution is 5.95. The second-order valence-corrected chi connectivity index (χ2v) is 9.79. The van der Waals surface area contributed by atoms with Gasteiger partial charge in [-0.25, -0.2) is 0 Å². The van der Waals surface area contributed by atoms with Crippen LogP contribution in [0.25, 0.3) is 0 Å². The maximum Gasteiger partial charge on any atom is 0.302 e. The van der Waals surface area contributed by atoms with Gasteiger partial charge in [-0.3, -0.25) is 24.0 Å². The van der Waals surface area contributed by atoms with Crippen LogP contribution in [0.2, 0.25) is 0 Å². The number of ketones is 1. The summed E-state index contributed by atoms with van der Waals surface area (Å²) < 4.78 is 4.98. The van der Waals surface area contributed by atoms with Crippen LogP contribution in [0.1, 0.15) is 80.6 Å². The first kappa shape index (κ1) is 32.5. The van der Waals surface area contributed by atoms with Gasteiger partial charge in [0.05, 0.1) is 12.6 Å². The van der Waals surface area contributed by atoms with Crippen LogP contribution in [0.4, 0.5) is 0 Å². The lowest BCUT2D eigenvalue weighted by atomic mass is 9.93. The highest BCUT2D eigenvalue weighted by Crippen LogP contribution is 2.11. The van der Waals surface area contributed by atoms with Gasteiger partial charge < -0.3 is 25.8 Å². The third kappa shape index (κ3) is 13.2. The Morgan fingerprint density at radius 1 is 0.857 bits per heavy atom. The monoisotopic (exact) mass is 499 g/mol. The molecule has 0 aromatic carbocycles. The molecule has 0 bridgehead atoms. The summed E-state index contributed by atoms with van der Waals surface area (Å²) in [6, 6.07) is -3.03. The third-order valence-electron chi connectivity index (χ3n) is 5.49. The second kappa shape index (κ2) is 17.0. The number of unbranched alkanes of at least 4 members (excludes halogenated alkanes) is 2. The number of hydrogen-bond acceptors (Lipinski definition) is 7. The Morgan fingerprint density at radius 2 is 1.46 bits per heavy atom. The van der Waals surface area contributed by atoms with Crippen LogP contribution in [0, 0.1) is 17.8 Å². The second-order valence-electron chi connectivity index (χ2n) is 9.79. The van der Waals surface area contributed by atoms with Crippen molar-refractivity contribution in [3.05, 3.63) is 0 Å². The van der Waals surface area contributed by atoms with Crippen LogP contribution < -0.4 is 16.0 Å². The maximum atomic E-state index is 13.1. The number of esters is 1. The molecular weight excluding hydrogens is 454 g/mol. The van der Waals surface area contributed by atoms with Crippen LogP contribution in [-0.4, -0.2) is 65.9 Å². The smallest absolute Gasteiger partial charge is 0.302 e. The first-order valence-corrected chi connectivity index (χ1v) is 12.5. The van der Waals surface area contributed by atoms with Gasteiger partial charge in [-0.05, 0) is 24.7 Å². The van der Waals surface area contributed by atoms with Crippen molar-refractivity contribution in [3.63, 3.8) is 0 Å². The van der Waals surface area contributed by atoms with Gasteiger partial charge in [0.1, 0.15) is 18.7 Å². The average molecular weight is 500 g/mol. The van der Waals surface area contributed by atoms with Crippen molar-refractivity contribution in [2.24, 2.45) is 17.8 Å². The number of nitrogens with one attached hydrogen (secondary N) is 3. The number of hydrogen-bond donors (Lipinski definition) is 4. The van der Waals surface area contributed by atoms with Crippen LogP contribution >= 0.6 is 0 Å². The number of amides is 3. The topological polar surface area (TPSA) is 151 Å². The fourth-order valence-electron chi connectivity index (χ4n) is 3.38. The molecule has 0 rings (SSSR count). The molecule has 0 saturated heterocycles. The van der Waals surface area contributed by atoms with Gasteiger partial charge in [0.2, 0.25) is 17.7 Å². The number of aliphatic hydroxyl groups excluding tert-OH is 1. The van der Waals surface area contributed by atoms with Crippen LogP contribution in [0.3, 0.4) is 0 Å². The summed E-state index contributed by atoms with van der Waals surface area (Å²) in [7, 11) is 0. The van der Waals surface area contributed by atoms with Crippen molar-refractivity contribution in [1.29, 1.82) is 0 Å². The predicted molar refractivity (Wildman–Crippen MR) is 132 cm³/mol.